The SMILES string of the molecule is CC(C)(C)[C@@H](N1CCNCC1)C(F)(F)F. The summed E-state index contributed by atoms with van der Waals surface area (Å²) in [6.07, 6.45) is -4.14. The summed E-state index contributed by atoms with van der Waals surface area (Å²) >= 11 is 0. The quantitative estimate of drug-likeness (QED) is 0.731. The van der Waals surface area contributed by atoms with Crippen LogP contribution in [0.4, 0.5) is 13.2 Å². The molecule has 0 amide bonds. The van der Waals surface area contributed by atoms with Gasteiger partial charge in [0, 0.05) is 26.2 Å². The minimum absolute atomic E-state index is 0.474. The van der Waals surface area contributed by atoms with Crippen molar-refractivity contribution in [2.24, 2.45) is 5.41 Å². The van der Waals surface area contributed by atoms with E-state index in [4.69, 9.17) is 0 Å². The minimum atomic E-state index is -4.14. The maximum atomic E-state index is 12.9. The Kier molecular flexibility index (Phi) is 3.66. The summed E-state index contributed by atoms with van der Waals surface area (Å²) in [6, 6.07) is -1.34. The highest BCUT2D eigenvalue weighted by Gasteiger charge is 2.50. The van der Waals surface area contributed by atoms with Crippen LogP contribution in [0.5, 0.6) is 0 Å². The fourth-order valence-corrected chi connectivity index (χ4v) is 2.19. The molecule has 1 heterocycles. The Bertz CT molecular complexity index is 188. The van der Waals surface area contributed by atoms with E-state index < -0.39 is 17.6 Å². The van der Waals surface area contributed by atoms with Crippen molar-refractivity contribution in [2.75, 3.05) is 26.2 Å². The summed E-state index contributed by atoms with van der Waals surface area (Å²) in [5.74, 6) is 0. The molecule has 0 spiro atoms. The van der Waals surface area contributed by atoms with Crippen LogP contribution in [0.2, 0.25) is 0 Å². The molecule has 0 radical (unpaired) electrons. The van der Waals surface area contributed by atoms with E-state index in [1.807, 2.05) is 0 Å². The average molecular weight is 224 g/mol. The van der Waals surface area contributed by atoms with E-state index in [0.717, 1.165) is 0 Å². The smallest absolute Gasteiger partial charge is 0.314 e. The van der Waals surface area contributed by atoms with Gasteiger partial charge in [0.05, 0.1) is 0 Å². The van der Waals surface area contributed by atoms with Crippen LogP contribution in [0.25, 0.3) is 0 Å². The Morgan fingerprint density at radius 3 is 1.87 bits per heavy atom. The van der Waals surface area contributed by atoms with E-state index in [0.29, 0.717) is 26.2 Å². The molecule has 1 N–H and O–H groups in total. The van der Waals surface area contributed by atoms with Crippen molar-refractivity contribution < 1.29 is 13.2 Å². The van der Waals surface area contributed by atoms with Crippen LogP contribution in [-0.4, -0.2) is 43.3 Å². The van der Waals surface area contributed by atoms with Gasteiger partial charge in [-0.3, -0.25) is 4.90 Å². The number of piperazine rings is 1. The third-order valence-corrected chi connectivity index (χ3v) is 2.65. The zero-order valence-electron chi connectivity index (χ0n) is 9.49. The molecule has 1 atom stereocenters. The van der Waals surface area contributed by atoms with Crippen molar-refractivity contribution in [3.63, 3.8) is 0 Å². The Labute approximate surface area is 88.8 Å². The Morgan fingerprint density at radius 2 is 1.53 bits per heavy atom. The molecule has 0 aromatic heterocycles. The van der Waals surface area contributed by atoms with E-state index in [1.54, 1.807) is 20.8 Å². The van der Waals surface area contributed by atoms with Gasteiger partial charge >= 0.3 is 6.18 Å². The van der Waals surface area contributed by atoms with E-state index >= 15 is 0 Å². The molecule has 1 rings (SSSR count). The molecule has 5 heteroatoms. The summed E-state index contributed by atoms with van der Waals surface area (Å²) in [5, 5.41) is 3.06. The Morgan fingerprint density at radius 1 is 1.07 bits per heavy atom. The molecule has 0 bridgehead atoms. The van der Waals surface area contributed by atoms with Gasteiger partial charge in [-0.05, 0) is 5.41 Å². The molecular weight excluding hydrogens is 205 g/mol. The molecule has 1 aliphatic heterocycles. The lowest BCUT2D eigenvalue weighted by Crippen LogP contribution is -2.58. The number of nitrogens with one attached hydrogen (secondary N) is 1. The topological polar surface area (TPSA) is 15.3 Å². The first-order valence-corrected chi connectivity index (χ1v) is 5.24. The lowest BCUT2D eigenvalue weighted by molar-refractivity contribution is -0.210. The van der Waals surface area contributed by atoms with Crippen LogP contribution < -0.4 is 5.32 Å². The van der Waals surface area contributed by atoms with E-state index in [2.05, 4.69) is 5.32 Å². The largest absolute Gasteiger partial charge is 0.404 e. The Balaban J connectivity index is 2.80. The summed E-state index contributed by atoms with van der Waals surface area (Å²) < 4.78 is 38.8. The normalized spacial score (nSPS) is 22.8. The molecule has 0 aliphatic carbocycles. The van der Waals surface area contributed by atoms with Crippen molar-refractivity contribution in [2.45, 2.75) is 33.0 Å². The van der Waals surface area contributed by atoms with Crippen molar-refractivity contribution >= 4 is 0 Å². The highest BCUT2D eigenvalue weighted by molar-refractivity contribution is 4.90. The molecule has 0 aromatic rings. The number of halogens is 3. The molecule has 15 heavy (non-hydrogen) atoms. The van der Waals surface area contributed by atoms with Crippen LogP contribution in [0.1, 0.15) is 20.8 Å². The molecule has 0 unspecified atom stereocenters. The predicted octanol–water partition coefficient (Wildman–Crippen LogP) is 1.87. The van der Waals surface area contributed by atoms with E-state index in [9.17, 15) is 13.2 Å². The summed E-state index contributed by atoms with van der Waals surface area (Å²) in [6.45, 7) is 7.17. The number of rotatable bonds is 1. The summed E-state index contributed by atoms with van der Waals surface area (Å²) in [7, 11) is 0. The standard InChI is InChI=1S/C10H19F3N2/c1-9(2,3)8(10(11,12)13)15-6-4-14-5-7-15/h8,14H,4-7H2,1-3H3/t8-/m1/s1. The lowest BCUT2D eigenvalue weighted by Gasteiger charge is -2.42. The second-order valence-corrected chi connectivity index (χ2v) is 5.10. The van der Waals surface area contributed by atoms with E-state index in [1.165, 1.54) is 4.90 Å². The molecule has 1 fully saturated rings. The van der Waals surface area contributed by atoms with Crippen LogP contribution in [0.3, 0.4) is 0 Å². The molecule has 2 nitrogen and oxygen atoms in total. The highest BCUT2D eigenvalue weighted by atomic mass is 19.4. The zero-order valence-corrected chi connectivity index (χ0v) is 9.49. The predicted molar refractivity (Wildman–Crippen MR) is 53.7 cm³/mol. The molecule has 0 aromatic carbocycles. The second kappa shape index (κ2) is 4.29. The third-order valence-electron chi connectivity index (χ3n) is 2.65. The summed E-state index contributed by atoms with van der Waals surface area (Å²) in [5.41, 5.74) is -0.768. The van der Waals surface area contributed by atoms with Gasteiger partial charge in [-0.15, -0.1) is 0 Å². The van der Waals surface area contributed by atoms with Gasteiger partial charge < -0.3 is 5.32 Å². The monoisotopic (exact) mass is 224 g/mol. The van der Waals surface area contributed by atoms with Crippen LogP contribution in [0, 0.1) is 5.41 Å². The average Bonchev–Trinajstić information content (AvgIpc) is 2.00. The maximum absolute atomic E-state index is 12.9. The maximum Gasteiger partial charge on any atom is 0.404 e. The van der Waals surface area contributed by atoms with E-state index in [-0.39, 0.29) is 0 Å². The zero-order chi connectivity index (χ0) is 11.7. The number of alkyl halides is 3. The lowest BCUT2D eigenvalue weighted by atomic mass is 9.85. The number of hydrogen-bond donors (Lipinski definition) is 1. The number of nitrogens with zero attached hydrogens (tertiary/aromatic N) is 1. The molecule has 0 saturated carbocycles. The van der Waals surface area contributed by atoms with Crippen molar-refractivity contribution in [1.29, 1.82) is 0 Å². The molecule has 1 aliphatic rings. The van der Waals surface area contributed by atoms with Gasteiger partial charge in [-0.1, -0.05) is 20.8 Å². The third kappa shape index (κ3) is 3.34. The first-order chi connectivity index (χ1) is 6.73. The summed E-state index contributed by atoms with van der Waals surface area (Å²) in [4.78, 5) is 1.54. The first-order valence-electron chi connectivity index (χ1n) is 5.24. The molecular formula is C10H19F3N2. The van der Waals surface area contributed by atoms with Gasteiger partial charge in [0.25, 0.3) is 0 Å². The van der Waals surface area contributed by atoms with Gasteiger partial charge in [0.15, 0.2) is 0 Å². The van der Waals surface area contributed by atoms with Gasteiger partial charge in [-0.25, -0.2) is 0 Å². The van der Waals surface area contributed by atoms with Crippen molar-refractivity contribution in [3.8, 4) is 0 Å². The first kappa shape index (κ1) is 12.8. The molecule has 90 valence electrons. The molecule has 1 saturated heterocycles. The fourth-order valence-electron chi connectivity index (χ4n) is 2.19. The van der Waals surface area contributed by atoms with Gasteiger partial charge in [0.2, 0.25) is 0 Å². The van der Waals surface area contributed by atoms with Gasteiger partial charge in [-0.2, -0.15) is 13.2 Å². The van der Waals surface area contributed by atoms with Gasteiger partial charge in [0.1, 0.15) is 6.04 Å². The highest BCUT2D eigenvalue weighted by Crippen LogP contribution is 2.37. The van der Waals surface area contributed by atoms with Crippen LogP contribution in [-0.2, 0) is 0 Å². The van der Waals surface area contributed by atoms with Crippen molar-refractivity contribution in [1.82, 2.24) is 10.2 Å². The Hall–Kier alpha value is -0.290. The second-order valence-electron chi connectivity index (χ2n) is 5.10. The number of hydrogen-bond acceptors (Lipinski definition) is 2. The minimum Gasteiger partial charge on any atom is -0.314 e. The van der Waals surface area contributed by atoms with Crippen LogP contribution >= 0.6 is 0 Å². The fraction of sp³-hybridized carbons (Fsp3) is 1.00. The van der Waals surface area contributed by atoms with Crippen LogP contribution in [0.15, 0.2) is 0 Å². The van der Waals surface area contributed by atoms with Crippen molar-refractivity contribution in [3.05, 3.63) is 0 Å².